The average molecular weight is 346 g/mol. The van der Waals surface area contributed by atoms with Crippen molar-refractivity contribution in [1.29, 1.82) is 0 Å². The van der Waals surface area contributed by atoms with Crippen molar-refractivity contribution in [2.75, 3.05) is 5.32 Å². The van der Waals surface area contributed by atoms with Gasteiger partial charge in [-0.15, -0.1) is 0 Å². The van der Waals surface area contributed by atoms with Gasteiger partial charge in [-0.25, -0.2) is 0 Å². The van der Waals surface area contributed by atoms with Crippen LogP contribution in [0.1, 0.15) is 31.4 Å². The SMILES string of the molecule is S=C(Nc1ccccc1Cl)N(Cc1ccccn1)C1CCCC1. The molecule has 1 saturated carbocycles. The molecule has 1 aliphatic carbocycles. The lowest BCUT2D eigenvalue weighted by Crippen LogP contribution is -2.41. The van der Waals surface area contributed by atoms with Crippen molar-refractivity contribution in [3.8, 4) is 0 Å². The second-order valence-electron chi connectivity index (χ2n) is 5.80. The van der Waals surface area contributed by atoms with Gasteiger partial charge in [0.25, 0.3) is 0 Å². The van der Waals surface area contributed by atoms with Crippen LogP contribution in [0.5, 0.6) is 0 Å². The topological polar surface area (TPSA) is 28.2 Å². The molecule has 1 heterocycles. The van der Waals surface area contributed by atoms with Crippen molar-refractivity contribution < 1.29 is 0 Å². The highest BCUT2D eigenvalue weighted by Gasteiger charge is 2.25. The number of hydrogen-bond donors (Lipinski definition) is 1. The van der Waals surface area contributed by atoms with Crippen LogP contribution in [0.3, 0.4) is 0 Å². The van der Waals surface area contributed by atoms with E-state index in [1.807, 2.05) is 48.7 Å². The van der Waals surface area contributed by atoms with E-state index in [9.17, 15) is 0 Å². The third kappa shape index (κ3) is 4.21. The summed E-state index contributed by atoms with van der Waals surface area (Å²) in [4.78, 5) is 6.70. The Morgan fingerprint density at radius 2 is 1.91 bits per heavy atom. The second kappa shape index (κ2) is 7.75. The maximum atomic E-state index is 6.24. The molecular formula is C18H20ClN3S. The van der Waals surface area contributed by atoms with E-state index in [0.717, 1.165) is 23.0 Å². The summed E-state index contributed by atoms with van der Waals surface area (Å²) in [7, 11) is 0. The Hall–Kier alpha value is -1.65. The zero-order valence-corrected chi connectivity index (χ0v) is 14.5. The first-order chi connectivity index (χ1) is 11.2. The lowest BCUT2D eigenvalue weighted by atomic mass is 10.2. The standard InChI is InChI=1S/C18H20ClN3S/c19-16-10-3-4-11-17(16)21-18(23)22(15-8-1-2-9-15)13-14-7-5-6-12-20-14/h3-7,10-12,15H,1-2,8-9,13H2,(H,21,23). The highest BCUT2D eigenvalue weighted by atomic mass is 35.5. The number of para-hydroxylation sites is 1. The fourth-order valence-corrected chi connectivity index (χ4v) is 3.50. The summed E-state index contributed by atoms with van der Waals surface area (Å²) in [6, 6.07) is 14.1. The van der Waals surface area contributed by atoms with Crippen LogP contribution in [-0.4, -0.2) is 21.0 Å². The van der Waals surface area contributed by atoms with Gasteiger partial charge in [-0.05, 0) is 49.3 Å². The molecule has 3 rings (SSSR count). The average Bonchev–Trinajstić information content (AvgIpc) is 3.10. The van der Waals surface area contributed by atoms with Gasteiger partial charge in [0.15, 0.2) is 5.11 Å². The Morgan fingerprint density at radius 3 is 2.61 bits per heavy atom. The van der Waals surface area contributed by atoms with Gasteiger partial charge in [0.2, 0.25) is 0 Å². The number of halogens is 1. The van der Waals surface area contributed by atoms with Gasteiger partial charge >= 0.3 is 0 Å². The van der Waals surface area contributed by atoms with Crippen LogP contribution in [0.25, 0.3) is 0 Å². The van der Waals surface area contributed by atoms with Crippen LogP contribution in [0.15, 0.2) is 48.7 Å². The van der Waals surface area contributed by atoms with Gasteiger partial charge in [-0.1, -0.05) is 42.6 Å². The molecule has 0 atom stereocenters. The smallest absolute Gasteiger partial charge is 0.174 e. The van der Waals surface area contributed by atoms with Crippen LogP contribution in [-0.2, 0) is 6.54 Å². The number of aromatic nitrogens is 1. The number of rotatable bonds is 4. The highest BCUT2D eigenvalue weighted by Crippen LogP contribution is 2.27. The number of pyridine rings is 1. The molecule has 23 heavy (non-hydrogen) atoms. The fraction of sp³-hybridized carbons (Fsp3) is 0.333. The molecule has 1 aromatic carbocycles. The van der Waals surface area contributed by atoms with Crippen LogP contribution in [0.4, 0.5) is 5.69 Å². The molecule has 0 unspecified atom stereocenters. The minimum absolute atomic E-state index is 0.472. The van der Waals surface area contributed by atoms with E-state index in [2.05, 4.69) is 15.2 Å². The molecule has 5 heteroatoms. The van der Waals surface area contributed by atoms with Crippen molar-refractivity contribution in [2.24, 2.45) is 0 Å². The minimum Gasteiger partial charge on any atom is -0.340 e. The van der Waals surface area contributed by atoms with Crippen LogP contribution in [0.2, 0.25) is 5.02 Å². The molecule has 0 aliphatic heterocycles. The fourth-order valence-electron chi connectivity index (χ4n) is 3.00. The molecular weight excluding hydrogens is 326 g/mol. The lowest BCUT2D eigenvalue weighted by Gasteiger charge is -2.31. The van der Waals surface area contributed by atoms with E-state index in [1.165, 1.54) is 25.7 Å². The number of hydrogen-bond acceptors (Lipinski definition) is 2. The first kappa shape index (κ1) is 16.2. The zero-order chi connectivity index (χ0) is 16.1. The molecule has 1 aromatic heterocycles. The predicted octanol–water partition coefficient (Wildman–Crippen LogP) is 4.88. The quantitative estimate of drug-likeness (QED) is 0.799. The second-order valence-corrected chi connectivity index (χ2v) is 6.59. The summed E-state index contributed by atoms with van der Waals surface area (Å²) >= 11 is 11.9. The third-order valence-electron chi connectivity index (χ3n) is 4.20. The Labute approximate surface area is 147 Å². The highest BCUT2D eigenvalue weighted by molar-refractivity contribution is 7.80. The summed E-state index contributed by atoms with van der Waals surface area (Å²) in [5.41, 5.74) is 1.88. The molecule has 0 radical (unpaired) electrons. The van der Waals surface area contributed by atoms with Gasteiger partial charge in [0, 0.05) is 12.2 Å². The van der Waals surface area contributed by atoms with Gasteiger partial charge in [-0.3, -0.25) is 4.98 Å². The Morgan fingerprint density at radius 1 is 1.17 bits per heavy atom. The largest absolute Gasteiger partial charge is 0.340 e. The number of anilines is 1. The van der Waals surface area contributed by atoms with E-state index in [-0.39, 0.29) is 0 Å². The summed E-state index contributed by atoms with van der Waals surface area (Å²) in [6.45, 7) is 0.724. The van der Waals surface area contributed by atoms with Crippen LogP contribution < -0.4 is 5.32 Å². The Balaban J connectivity index is 1.77. The molecule has 3 nitrogen and oxygen atoms in total. The molecule has 0 amide bonds. The van der Waals surface area contributed by atoms with Crippen molar-refractivity contribution in [2.45, 2.75) is 38.3 Å². The number of nitrogens with zero attached hydrogens (tertiary/aromatic N) is 2. The van der Waals surface area contributed by atoms with Crippen molar-refractivity contribution in [3.63, 3.8) is 0 Å². The van der Waals surface area contributed by atoms with Gasteiger partial charge in [0.05, 0.1) is 22.9 Å². The first-order valence-corrected chi connectivity index (χ1v) is 8.75. The molecule has 0 saturated heterocycles. The van der Waals surface area contributed by atoms with E-state index in [0.29, 0.717) is 11.1 Å². The molecule has 0 bridgehead atoms. The lowest BCUT2D eigenvalue weighted by molar-refractivity contribution is 0.309. The summed E-state index contributed by atoms with van der Waals surface area (Å²) in [6.07, 6.45) is 6.71. The molecule has 1 aliphatic rings. The number of benzene rings is 1. The van der Waals surface area contributed by atoms with Gasteiger partial charge < -0.3 is 10.2 Å². The molecule has 120 valence electrons. The van der Waals surface area contributed by atoms with Crippen LogP contribution in [0, 0.1) is 0 Å². The van der Waals surface area contributed by atoms with Crippen molar-refractivity contribution in [1.82, 2.24) is 9.88 Å². The third-order valence-corrected chi connectivity index (χ3v) is 4.87. The van der Waals surface area contributed by atoms with E-state index >= 15 is 0 Å². The number of nitrogens with one attached hydrogen (secondary N) is 1. The number of thiocarbonyl (C=S) groups is 1. The summed E-state index contributed by atoms with van der Waals surface area (Å²) < 4.78 is 0. The molecule has 2 aromatic rings. The maximum absolute atomic E-state index is 6.24. The molecule has 1 fully saturated rings. The first-order valence-electron chi connectivity index (χ1n) is 7.96. The van der Waals surface area contributed by atoms with E-state index < -0.39 is 0 Å². The van der Waals surface area contributed by atoms with E-state index in [4.69, 9.17) is 23.8 Å². The van der Waals surface area contributed by atoms with Crippen LogP contribution >= 0.6 is 23.8 Å². The maximum Gasteiger partial charge on any atom is 0.174 e. The van der Waals surface area contributed by atoms with Gasteiger partial charge in [0.1, 0.15) is 0 Å². The predicted molar refractivity (Wildman–Crippen MR) is 99.7 cm³/mol. The molecule has 0 spiro atoms. The monoisotopic (exact) mass is 345 g/mol. The van der Waals surface area contributed by atoms with Crippen molar-refractivity contribution in [3.05, 3.63) is 59.4 Å². The summed E-state index contributed by atoms with van der Waals surface area (Å²) in [5.74, 6) is 0. The van der Waals surface area contributed by atoms with Gasteiger partial charge in [-0.2, -0.15) is 0 Å². The zero-order valence-electron chi connectivity index (χ0n) is 12.9. The normalized spacial score (nSPS) is 14.7. The van der Waals surface area contributed by atoms with Crippen molar-refractivity contribution >= 4 is 34.6 Å². The molecule has 1 N–H and O–H groups in total. The van der Waals surface area contributed by atoms with E-state index in [1.54, 1.807) is 0 Å². The Bertz CT molecular complexity index is 656. The Kier molecular flexibility index (Phi) is 5.47. The minimum atomic E-state index is 0.472. The summed E-state index contributed by atoms with van der Waals surface area (Å²) in [5, 5.41) is 4.70.